The van der Waals surface area contributed by atoms with Gasteiger partial charge in [0.1, 0.15) is 11.6 Å². The molecular weight excluding hydrogens is 405 g/mol. The fourth-order valence-corrected chi connectivity index (χ4v) is 3.79. The second kappa shape index (κ2) is 9.75. The number of hydrogen-bond acceptors (Lipinski definition) is 5. The Morgan fingerprint density at radius 1 is 1.06 bits per heavy atom. The van der Waals surface area contributed by atoms with Crippen LogP contribution >= 0.6 is 0 Å². The van der Waals surface area contributed by atoms with Gasteiger partial charge in [0.15, 0.2) is 5.78 Å². The van der Waals surface area contributed by atoms with Crippen molar-refractivity contribution in [2.45, 2.75) is 0 Å². The Morgan fingerprint density at radius 3 is 2.56 bits per heavy atom. The molecule has 2 heterocycles. The third-order valence-corrected chi connectivity index (χ3v) is 5.69. The number of nitrogens with zero attached hydrogens (tertiary/aromatic N) is 3. The molecule has 0 spiro atoms. The zero-order chi connectivity index (χ0) is 22.5. The first-order valence-electron chi connectivity index (χ1n) is 10.6. The molecule has 3 aromatic rings. The van der Waals surface area contributed by atoms with Gasteiger partial charge in [-0.1, -0.05) is 12.1 Å². The molecule has 1 saturated heterocycles. The summed E-state index contributed by atoms with van der Waals surface area (Å²) in [5.41, 5.74) is 3.80. The highest BCUT2D eigenvalue weighted by Gasteiger charge is 2.17. The van der Waals surface area contributed by atoms with Crippen molar-refractivity contribution in [1.82, 2.24) is 9.88 Å². The van der Waals surface area contributed by atoms with Gasteiger partial charge in [-0.2, -0.15) is 0 Å². The SMILES string of the molecule is COc1ccc(C(=O)/C=C/c2cc(-c3ccccn3)ccc2N2CCN(C)CC2)c(F)c1. The van der Waals surface area contributed by atoms with Crippen LogP contribution in [0.3, 0.4) is 0 Å². The fraction of sp³-hybridized carbons (Fsp3) is 0.231. The van der Waals surface area contributed by atoms with E-state index in [0.717, 1.165) is 48.7 Å². The van der Waals surface area contributed by atoms with Gasteiger partial charge in [0, 0.05) is 49.7 Å². The van der Waals surface area contributed by atoms with Gasteiger partial charge < -0.3 is 14.5 Å². The maximum atomic E-state index is 14.3. The molecule has 0 atom stereocenters. The van der Waals surface area contributed by atoms with Gasteiger partial charge >= 0.3 is 0 Å². The number of methoxy groups -OCH3 is 1. The molecule has 1 aliphatic heterocycles. The number of carbonyl (C=O) groups excluding carboxylic acids is 1. The Bertz CT molecular complexity index is 1120. The van der Waals surface area contributed by atoms with Gasteiger partial charge in [0.25, 0.3) is 0 Å². The number of ketones is 1. The van der Waals surface area contributed by atoms with Crippen LogP contribution in [-0.4, -0.2) is 56.0 Å². The van der Waals surface area contributed by atoms with E-state index in [1.54, 1.807) is 18.3 Å². The Hall–Kier alpha value is -3.51. The molecule has 4 rings (SSSR count). The van der Waals surface area contributed by atoms with E-state index in [4.69, 9.17) is 4.74 Å². The first-order chi connectivity index (χ1) is 15.5. The molecule has 5 nitrogen and oxygen atoms in total. The summed E-state index contributed by atoms with van der Waals surface area (Å²) in [6.45, 7) is 3.75. The lowest BCUT2D eigenvalue weighted by molar-refractivity contribution is 0.104. The van der Waals surface area contributed by atoms with Gasteiger partial charge in [-0.15, -0.1) is 0 Å². The molecule has 1 aliphatic rings. The number of pyridine rings is 1. The lowest BCUT2D eigenvalue weighted by Gasteiger charge is -2.35. The molecule has 0 bridgehead atoms. The summed E-state index contributed by atoms with van der Waals surface area (Å²) in [5, 5.41) is 0. The monoisotopic (exact) mass is 431 g/mol. The topological polar surface area (TPSA) is 45.7 Å². The van der Waals surface area contributed by atoms with Crippen molar-refractivity contribution in [2.75, 3.05) is 45.2 Å². The van der Waals surface area contributed by atoms with Crippen LogP contribution in [-0.2, 0) is 0 Å². The second-order valence-electron chi connectivity index (χ2n) is 7.82. The summed E-state index contributed by atoms with van der Waals surface area (Å²) in [6.07, 6.45) is 4.96. The average molecular weight is 432 g/mol. The third kappa shape index (κ3) is 4.86. The minimum absolute atomic E-state index is 0.0177. The summed E-state index contributed by atoms with van der Waals surface area (Å²) in [4.78, 5) is 21.8. The molecule has 32 heavy (non-hydrogen) atoms. The van der Waals surface area contributed by atoms with Gasteiger partial charge in [-0.25, -0.2) is 4.39 Å². The van der Waals surface area contributed by atoms with Crippen molar-refractivity contribution in [2.24, 2.45) is 0 Å². The molecule has 2 aromatic carbocycles. The minimum atomic E-state index is -0.597. The second-order valence-corrected chi connectivity index (χ2v) is 7.82. The van der Waals surface area contributed by atoms with Crippen molar-refractivity contribution < 1.29 is 13.9 Å². The largest absolute Gasteiger partial charge is 0.497 e. The van der Waals surface area contributed by atoms with Crippen LogP contribution in [0.2, 0.25) is 0 Å². The number of hydrogen-bond donors (Lipinski definition) is 0. The summed E-state index contributed by atoms with van der Waals surface area (Å²) in [5.74, 6) is -0.610. The lowest BCUT2D eigenvalue weighted by Crippen LogP contribution is -2.44. The van der Waals surface area contributed by atoms with Crippen LogP contribution in [0, 0.1) is 5.82 Å². The number of likely N-dealkylation sites (N-methyl/N-ethyl adjacent to an activating group) is 1. The molecule has 0 aliphatic carbocycles. The molecule has 0 saturated carbocycles. The summed E-state index contributed by atoms with van der Waals surface area (Å²) < 4.78 is 19.4. The smallest absolute Gasteiger partial charge is 0.188 e. The van der Waals surface area contributed by atoms with Gasteiger partial charge in [0.05, 0.1) is 18.4 Å². The van der Waals surface area contributed by atoms with E-state index < -0.39 is 11.6 Å². The fourth-order valence-electron chi connectivity index (χ4n) is 3.79. The number of piperazine rings is 1. The van der Waals surface area contributed by atoms with Crippen LogP contribution in [0.25, 0.3) is 17.3 Å². The van der Waals surface area contributed by atoms with E-state index in [9.17, 15) is 9.18 Å². The number of aromatic nitrogens is 1. The quantitative estimate of drug-likeness (QED) is 0.423. The van der Waals surface area contributed by atoms with E-state index in [-0.39, 0.29) is 5.56 Å². The average Bonchev–Trinajstić information content (AvgIpc) is 2.83. The zero-order valence-corrected chi connectivity index (χ0v) is 18.3. The molecule has 1 fully saturated rings. The predicted molar refractivity (Wildman–Crippen MR) is 126 cm³/mol. The van der Waals surface area contributed by atoms with Crippen LogP contribution in [0.4, 0.5) is 10.1 Å². The van der Waals surface area contributed by atoms with E-state index >= 15 is 0 Å². The molecule has 0 N–H and O–H groups in total. The maximum Gasteiger partial charge on any atom is 0.188 e. The first kappa shape index (κ1) is 21.7. The Balaban J connectivity index is 1.67. The van der Waals surface area contributed by atoms with Gasteiger partial charge in [-0.3, -0.25) is 9.78 Å². The van der Waals surface area contributed by atoms with Gasteiger partial charge in [-0.05, 0) is 61.2 Å². The molecule has 0 unspecified atom stereocenters. The predicted octanol–water partition coefficient (Wildman–Crippen LogP) is 4.54. The summed E-state index contributed by atoms with van der Waals surface area (Å²) in [7, 11) is 3.58. The maximum absolute atomic E-state index is 14.3. The van der Waals surface area contributed by atoms with E-state index in [1.165, 1.54) is 25.3 Å². The Labute approximate surface area is 187 Å². The molecule has 6 heteroatoms. The highest BCUT2D eigenvalue weighted by molar-refractivity contribution is 6.07. The van der Waals surface area contributed by atoms with Crippen LogP contribution < -0.4 is 9.64 Å². The number of allylic oxidation sites excluding steroid dienone is 1. The summed E-state index contributed by atoms with van der Waals surface area (Å²) >= 11 is 0. The Kier molecular flexibility index (Phi) is 6.61. The third-order valence-electron chi connectivity index (χ3n) is 5.69. The van der Waals surface area contributed by atoms with Gasteiger partial charge in [0.2, 0.25) is 0 Å². The first-order valence-corrected chi connectivity index (χ1v) is 10.6. The molecule has 0 radical (unpaired) electrons. The number of halogens is 1. The van der Waals surface area contributed by atoms with Crippen molar-refractivity contribution in [1.29, 1.82) is 0 Å². The van der Waals surface area contributed by atoms with E-state index in [2.05, 4.69) is 34.0 Å². The van der Waals surface area contributed by atoms with Crippen molar-refractivity contribution in [3.63, 3.8) is 0 Å². The van der Waals surface area contributed by atoms with Crippen molar-refractivity contribution >= 4 is 17.5 Å². The van der Waals surface area contributed by atoms with Crippen molar-refractivity contribution in [3.8, 4) is 17.0 Å². The lowest BCUT2D eigenvalue weighted by atomic mass is 10.0. The molecule has 164 valence electrons. The number of anilines is 1. The molecule has 0 amide bonds. The molecule has 1 aromatic heterocycles. The minimum Gasteiger partial charge on any atom is -0.497 e. The number of ether oxygens (including phenoxy) is 1. The van der Waals surface area contributed by atoms with Crippen LogP contribution in [0.5, 0.6) is 5.75 Å². The standard InChI is InChI=1S/C26H26FN3O2/c1-29-13-15-30(16-14-29)25-10-6-19(24-5-3-4-12-28-24)17-20(25)7-11-26(31)22-9-8-21(32-2)18-23(22)27/h3-12,17-18H,13-16H2,1-2H3/b11-7+. The van der Waals surface area contributed by atoms with E-state index in [1.807, 2.05) is 24.3 Å². The Morgan fingerprint density at radius 2 is 1.88 bits per heavy atom. The van der Waals surface area contributed by atoms with Crippen molar-refractivity contribution in [3.05, 3.63) is 83.8 Å². The number of carbonyl (C=O) groups is 1. The molecular formula is C26H26FN3O2. The number of benzene rings is 2. The van der Waals surface area contributed by atoms with Crippen LogP contribution in [0.1, 0.15) is 15.9 Å². The zero-order valence-electron chi connectivity index (χ0n) is 18.3. The van der Waals surface area contributed by atoms with E-state index in [0.29, 0.717) is 5.75 Å². The number of rotatable bonds is 6. The van der Waals surface area contributed by atoms with Crippen LogP contribution in [0.15, 0.2) is 66.9 Å². The normalized spacial score (nSPS) is 14.7. The highest BCUT2D eigenvalue weighted by Crippen LogP contribution is 2.29. The highest BCUT2D eigenvalue weighted by atomic mass is 19.1. The summed E-state index contributed by atoms with van der Waals surface area (Å²) in [6, 6.07) is 16.2.